The van der Waals surface area contributed by atoms with E-state index < -0.39 is 0 Å². The van der Waals surface area contributed by atoms with E-state index in [0.29, 0.717) is 24.9 Å². The smallest absolute Gasteiger partial charge is 0.136 e. The molecule has 1 saturated carbocycles. The number of nitrogen functional groups attached to an aromatic ring is 1. The molecular formula is C13H22N4O2. The summed E-state index contributed by atoms with van der Waals surface area (Å²) in [6, 6.07) is 1.82. The summed E-state index contributed by atoms with van der Waals surface area (Å²) in [6.07, 6.45) is 2.33. The molecule has 1 aromatic rings. The maximum atomic E-state index is 5.88. The van der Waals surface area contributed by atoms with Crippen LogP contribution in [0.4, 0.5) is 11.6 Å². The fourth-order valence-electron chi connectivity index (χ4n) is 1.90. The summed E-state index contributed by atoms with van der Waals surface area (Å²) in [5.41, 5.74) is 5.88. The van der Waals surface area contributed by atoms with Gasteiger partial charge in [-0.2, -0.15) is 0 Å². The Balaban J connectivity index is 2.13. The number of nitrogens with zero attached hydrogens (tertiary/aromatic N) is 3. The average Bonchev–Trinajstić information content (AvgIpc) is 3.22. The van der Waals surface area contributed by atoms with Gasteiger partial charge in [0.2, 0.25) is 0 Å². The molecule has 1 heterocycles. The summed E-state index contributed by atoms with van der Waals surface area (Å²) in [5, 5.41) is 0. The molecule has 0 unspecified atom stereocenters. The molecule has 1 aliphatic carbocycles. The highest BCUT2D eigenvalue weighted by Gasteiger charge is 2.27. The van der Waals surface area contributed by atoms with Crippen LogP contribution in [0.2, 0.25) is 0 Å². The molecule has 0 bridgehead atoms. The van der Waals surface area contributed by atoms with Crippen molar-refractivity contribution in [3.05, 3.63) is 11.9 Å². The molecule has 6 heteroatoms. The van der Waals surface area contributed by atoms with Crippen molar-refractivity contribution < 1.29 is 9.47 Å². The number of methoxy groups -OCH3 is 2. The summed E-state index contributed by atoms with van der Waals surface area (Å²) < 4.78 is 10.3. The van der Waals surface area contributed by atoms with Crippen LogP contribution in [0, 0.1) is 0 Å². The van der Waals surface area contributed by atoms with E-state index in [2.05, 4.69) is 14.9 Å². The van der Waals surface area contributed by atoms with Crippen molar-refractivity contribution in [2.45, 2.75) is 18.8 Å². The van der Waals surface area contributed by atoms with Gasteiger partial charge in [-0.1, -0.05) is 0 Å². The standard InChI is InChI=1S/C13H22N4O2/c1-18-7-5-17(6-8-19-2)12-9-11(14)15-13(16-12)10-3-4-10/h9-10H,3-8H2,1-2H3,(H2,14,15,16). The second kappa shape index (κ2) is 6.68. The van der Waals surface area contributed by atoms with Crippen LogP contribution in [0.1, 0.15) is 24.6 Å². The summed E-state index contributed by atoms with van der Waals surface area (Å²) >= 11 is 0. The van der Waals surface area contributed by atoms with Gasteiger partial charge in [0.15, 0.2) is 0 Å². The molecule has 0 saturated heterocycles. The van der Waals surface area contributed by atoms with Gasteiger partial charge in [0, 0.05) is 39.3 Å². The highest BCUT2D eigenvalue weighted by atomic mass is 16.5. The molecule has 6 nitrogen and oxygen atoms in total. The predicted molar refractivity (Wildman–Crippen MR) is 74.4 cm³/mol. The number of aromatic nitrogens is 2. The topological polar surface area (TPSA) is 73.5 Å². The van der Waals surface area contributed by atoms with E-state index in [4.69, 9.17) is 15.2 Å². The molecule has 0 amide bonds. The molecule has 1 aliphatic rings. The maximum Gasteiger partial charge on any atom is 0.136 e. The fraction of sp³-hybridized carbons (Fsp3) is 0.692. The maximum absolute atomic E-state index is 5.88. The van der Waals surface area contributed by atoms with E-state index in [1.165, 1.54) is 12.8 Å². The van der Waals surface area contributed by atoms with E-state index in [-0.39, 0.29) is 0 Å². The predicted octanol–water partition coefficient (Wildman–Crippen LogP) is 1.04. The van der Waals surface area contributed by atoms with Crippen LogP contribution in [-0.2, 0) is 9.47 Å². The minimum Gasteiger partial charge on any atom is -0.384 e. The largest absolute Gasteiger partial charge is 0.384 e. The van der Waals surface area contributed by atoms with Gasteiger partial charge in [-0.05, 0) is 12.8 Å². The Bertz CT molecular complexity index is 402. The van der Waals surface area contributed by atoms with E-state index in [0.717, 1.165) is 24.7 Å². The molecule has 2 N–H and O–H groups in total. The number of rotatable bonds is 8. The van der Waals surface area contributed by atoms with Crippen molar-refractivity contribution in [1.82, 2.24) is 9.97 Å². The van der Waals surface area contributed by atoms with E-state index in [1.807, 2.05) is 6.07 Å². The molecule has 2 rings (SSSR count). The van der Waals surface area contributed by atoms with E-state index in [9.17, 15) is 0 Å². The van der Waals surface area contributed by atoms with Crippen molar-refractivity contribution in [3.8, 4) is 0 Å². The normalized spacial score (nSPS) is 14.6. The van der Waals surface area contributed by atoms with Gasteiger partial charge in [0.05, 0.1) is 13.2 Å². The molecule has 0 aliphatic heterocycles. The molecular weight excluding hydrogens is 244 g/mol. The molecule has 0 spiro atoms. The molecule has 0 atom stereocenters. The minimum absolute atomic E-state index is 0.494. The van der Waals surface area contributed by atoms with Crippen LogP contribution in [0.25, 0.3) is 0 Å². The van der Waals surface area contributed by atoms with Gasteiger partial charge < -0.3 is 20.1 Å². The zero-order valence-electron chi connectivity index (χ0n) is 11.6. The van der Waals surface area contributed by atoms with Crippen LogP contribution >= 0.6 is 0 Å². The van der Waals surface area contributed by atoms with Crippen molar-refractivity contribution in [1.29, 1.82) is 0 Å². The number of anilines is 2. The monoisotopic (exact) mass is 266 g/mol. The lowest BCUT2D eigenvalue weighted by molar-refractivity contribution is 0.190. The molecule has 0 aromatic carbocycles. The zero-order valence-corrected chi connectivity index (χ0v) is 11.6. The Morgan fingerprint density at radius 3 is 2.37 bits per heavy atom. The first kappa shape index (κ1) is 14.0. The van der Waals surface area contributed by atoms with Gasteiger partial charge >= 0.3 is 0 Å². The van der Waals surface area contributed by atoms with Crippen LogP contribution < -0.4 is 10.6 Å². The number of nitrogens with two attached hydrogens (primary N) is 1. The Hall–Kier alpha value is -1.40. The van der Waals surface area contributed by atoms with Crippen molar-refractivity contribution in [2.75, 3.05) is 51.2 Å². The lowest BCUT2D eigenvalue weighted by Gasteiger charge is -2.23. The quantitative estimate of drug-likeness (QED) is 0.757. The molecule has 1 aromatic heterocycles. The van der Waals surface area contributed by atoms with Crippen LogP contribution in [-0.4, -0.2) is 50.5 Å². The van der Waals surface area contributed by atoms with Crippen LogP contribution in [0.5, 0.6) is 0 Å². The summed E-state index contributed by atoms with van der Waals surface area (Å²) in [4.78, 5) is 11.1. The van der Waals surface area contributed by atoms with Crippen molar-refractivity contribution in [2.24, 2.45) is 0 Å². The van der Waals surface area contributed by atoms with Gasteiger partial charge in [-0.15, -0.1) is 0 Å². The van der Waals surface area contributed by atoms with Gasteiger partial charge in [0.1, 0.15) is 17.5 Å². The molecule has 0 radical (unpaired) electrons. The number of hydrogen-bond acceptors (Lipinski definition) is 6. The van der Waals surface area contributed by atoms with Gasteiger partial charge in [-0.25, -0.2) is 9.97 Å². The van der Waals surface area contributed by atoms with Crippen molar-refractivity contribution in [3.63, 3.8) is 0 Å². The Morgan fingerprint density at radius 2 is 1.84 bits per heavy atom. The second-order valence-corrected chi connectivity index (χ2v) is 4.76. The third-order valence-electron chi connectivity index (χ3n) is 3.15. The second-order valence-electron chi connectivity index (χ2n) is 4.76. The minimum atomic E-state index is 0.494. The first-order chi connectivity index (χ1) is 9.24. The summed E-state index contributed by atoms with van der Waals surface area (Å²) in [5.74, 6) is 2.76. The highest BCUT2D eigenvalue weighted by molar-refractivity contribution is 5.47. The van der Waals surface area contributed by atoms with Crippen LogP contribution in [0.3, 0.4) is 0 Å². The SMILES string of the molecule is COCCN(CCOC)c1cc(N)nc(C2CC2)n1. The number of ether oxygens (including phenoxy) is 2. The van der Waals surface area contributed by atoms with Gasteiger partial charge in [-0.3, -0.25) is 0 Å². The molecule has 1 fully saturated rings. The lowest BCUT2D eigenvalue weighted by atomic mass is 10.3. The first-order valence-electron chi connectivity index (χ1n) is 6.62. The third kappa shape index (κ3) is 4.04. The fourth-order valence-corrected chi connectivity index (χ4v) is 1.90. The first-order valence-corrected chi connectivity index (χ1v) is 6.62. The highest BCUT2D eigenvalue weighted by Crippen LogP contribution is 2.38. The summed E-state index contributed by atoms with van der Waals surface area (Å²) in [7, 11) is 3.39. The Kier molecular flexibility index (Phi) is 4.93. The van der Waals surface area contributed by atoms with E-state index >= 15 is 0 Å². The average molecular weight is 266 g/mol. The number of hydrogen-bond donors (Lipinski definition) is 1. The van der Waals surface area contributed by atoms with Gasteiger partial charge in [0.25, 0.3) is 0 Å². The molecule has 106 valence electrons. The van der Waals surface area contributed by atoms with E-state index in [1.54, 1.807) is 14.2 Å². The van der Waals surface area contributed by atoms with Crippen molar-refractivity contribution >= 4 is 11.6 Å². The zero-order chi connectivity index (χ0) is 13.7. The Labute approximate surface area is 113 Å². The molecule has 19 heavy (non-hydrogen) atoms. The third-order valence-corrected chi connectivity index (χ3v) is 3.15. The van der Waals surface area contributed by atoms with Crippen LogP contribution in [0.15, 0.2) is 6.07 Å². The summed E-state index contributed by atoms with van der Waals surface area (Å²) in [6.45, 7) is 2.82. The Morgan fingerprint density at radius 1 is 1.21 bits per heavy atom. The lowest BCUT2D eigenvalue weighted by Crippen LogP contribution is -2.31.